The van der Waals surface area contributed by atoms with Crippen LogP contribution in [-0.2, 0) is 9.53 Å². The topological polar surface area (TPSA) is 29.3 Å². The number of esters is 1. The van der Waals surface area contributed by atoms with E-state index in [1.54, 1.807) is 0 Å². The zero-order chi connectivity index (χ0) is 5.72. The number of nitrogens with zero attached hydrogens (tertiary/aromatic N) is 1. The molecule has 0 spiro atoms. The molecule has 0 amide bonds. The van der Waals surface area contributed by atoms with Crippen molar-refractivity contribution < 1.29 is 9.53 Å². The number of likely N-dealkylation sites (N-methyl/N-ethyl adjacent to an activating group) is 1. The Morgan fingerprint density at radius 1 is 1.88 bits per heavy atom. The number of hydrogen-bond donors (Lipinski definition) is 0. The van der Waals surface area contributed by atoms with Crippen molar-refractivity contribution in [3.63, 3.8) is 0 Å². The van der Waals surface area contributed by atoms with Crippen LogP contribution in [0.25, 0.3) is 0 Å². The Labute approximate surface area is 46.5 Å². The molecule has 1 saturated heterocycles. The van der Waals surface area contributed by atoms with Crippen molar-refractivity contribution in [1.29, 1.82) is 0 Å². The number of carbonyl (C=O) groups excluding carboxylic acids is 1. The summed E-state index contributed by atoms with van der Waals surface area (Å²) in [5.41, 5.74) is 1.01. The minimum atomic E-state index is -0.205. The van der Waals surface area contributed by atoms with Crippen LogP contribution >= 0.6 is 0 Å². The standard InChI is InChI=1S/C5H5NO2/c1-6-3-2-4(7)8-5(3)6/h2,5H,1H3. The van der Waals surface area contributed by atoms with Crippen molar-refractivity contribution in [3.05, 3.63) is 11.8 Å². The van der Waals surface area contributed by atoms with Gasteiger partial charge in [0.25, 0.3) is 0 Å². The van der Waals surface area contributed by atoms with Gasteiger partial charge in [-0.3, -0.25) is 0 Å². The van der Waals surface area contributed by atoms with E-state index in [4.69, 9.17) is 4.74 Å². The van der Waals surface area contributed by atoms with Gasteiger partial charge in [-0.05, 0) is 0 Å². The van der Waals surface area contributed by atoms with Gasteiger partial charge in [0.1, 0.15) is 0 Å². The first-order valence-electron chi connectivity index (χ1n) is 2.44. The molecule has 0 aromatic rings. The molecule has 2 heterocycles. The van der Waals surface area contributed by atoms with Crippen molar-refractivity contribution in [2.24, 2.45) is 0 Å². The third-order valence-corrected chi connectivity index (χ3v) is 1.44. The quantitative estimate of drug-likeness (QED) is 0.317. The number of rotatable bonds is 0. The molecule has 8 heavy (non-hydrogen) atoms. The first-order valence-corrected chi connectivity index (χ1v) is 2.44. The molecule has 2 aliphatic rings. The van der Waals surface area contributed by atoms with Crippen LogP contribution in [0.2, 0.25) is 0 Å². The van der Waals surface area contributed by atoms with E-state index in [1.807, 2.05) is 11.9 Å². The van der Waals surface area contributed by atoms with Crippen molar-refractivity contribution in [1.82, 2.24) is 4.90 Å². The summed E-state index contributed by atoms with van der Waals surface area (Å²) < 4.78 is 4.74. The Bertz CT molecular complexity index is 185. The highest BCUT2D eigenvalue weighted by atomic mass is 16.6. The summed E-state index contributed by atoms with van der Waals surface area (Å²) in [6, 6.07) is 0. The normalized spacial score (nSPS) is 31.6. The Kier molecular flexibility index (Phi) is 0.440. The zero-order valence-corrected chi connectivity index (χ0v) is 4.42. The molecule has 2 aliphatic heterocycles. The average Bonchev–Trinajstić information content (AvgIpc) is 2.29. The predicted molar refractivity (Wildman–Crippen MR) is 25.7 cm³/mol. The highest BCUT2D eigenvalue weighted by Crippen LogP contribution is 2.35. The van der Waals surface area contributed by atoms with E-state index in [2.05, 4.69) is 0 Å². The maximum absolute atomic E-state index is 10.3. The van der Waals surface area contributed by atoms with E-state index < -0.39 is 0 Å². The summed E-state index contributed by atoms with van der Waals surface area (Å²) >= 11 is 0. The van der Waals surface area contributed by atoms with Crippen molar-refractivity contribution in [2.75, 3.05) is 7.05 Å². The van der Waals surface area contributed by atoms with Crippen LogP contribution in [0.15, 0.2) is 11.8 Å². The highest BCUT2D eigenvalue weighted by Gasteiger charge is 2.46. The molecule has 2 rings (SSSR count). The predicted octanol–water partition coefficient (Wildman–Crippen LogP) is -0.301. The summed E-state index contributed by atoms with van der Waals surface area (Å²) in [7, 11) is 1.89. The number of carbonyl (C=O) groups is 1. The zero-order valence-electron chi connectivity index (χ0n) is 4.42. The van der Waals surface area contributed by atoms with Gasteiger partial charge in [0, 0.05) is 13.1 Å². The van der Waals surface area contributed by atoms with Crippen molar-refractivity contribution in [2.45, 2.75) is 6.23 Å². The van der Waals surface area contributed by atoms with Crippen LogP contribution in [0.3, 0.4) is 0 Å². The molecule has 1 atom stereocenters. The second-order valence-corrected chi connectivity index (χ2v) is 1.97. The molecule has 0 bridgehead atoms. The van der Waals surface area contributed by atoms with Gasteiger partial charge in [0.2, 0.25) is 6.23 Å². The smallest absolute Gasteiger partial charge is 0.334 e. The highest BCUT2D eigenvalue weighted by molar-refractivity contribution is 5.87. The van der Waals surface area contributed by atoms with Crippen molar-refractivity contribution >= 4 is 5.97 Å². The molecule has 1 fully saturated rings. The van der Waals surface area contributed by atoms with Gasteiger partial charge in [-0.15, -0.1) is 0 Å². The Morgan fingerprint density at radius 3 is 3.00 bits per heavy atom. The number of hydrogen-bond acceptors (Lipinski definition) is 3. The third kappa shape index (κ3) is 0.278. The van der Waals surface area contributed by atoms with E-state index >= 15 is 0 Å². The molecule has 3 nitrogen and oxygen atoms in total. The summed E-state index contributed by atoms with van der Waals surface area (Å²) in [5, 5.41) is 0. The van der Waals surface area contributed by atoms with E-state index in [0.717, 1.165) is 5.70 Å². The largest absolute Gasteiger partial charge is 0.432 e. The van der Waals surface area contributed by atoms with Gasteiger partial charge in [-0.2, -0.15) is 0 Å². The van der Waals surface area contributed by atoms with Crippen LogP contribution in [0.4, 0.5) is 0 Å². The van der Waals surface area contributed by atoms with Gasteiger partial charge in [0.05, 0.1) is 5.70 Å². The molecule has 0 aromatic carbocycles. The fraction of sp³-hybridized carbons (Fsp3) is 0.400. The number of ether oxygens (including phenoxy) is 1. The molecule has 0 radical (unpaired) electrons. The van der Waals surface area contributed by atoms with Gasteiger partial charge in [-0.25, -0.2) is 4.79 Å². The molecule has 3 heteroatoms. The Hall–Kier alpha value is -0.990. The first kappa shape index (κ1) is 3.95. The average molecular weight is 111 g/mol. The molecule has 0 saturated carbocycles. The second-order valence-electron chi connectivity index (χ2n) is 1.97. The summed E-state index contributed by atoms with van der Waals surface area (Å²) in [6.07, 6.45) is 1.52. The molecule has 0 aromatic heterocycles. The summed E-state index contributed by atoms with van der Waals surface area (Å²) in [6.45, 7) is 0. The maximum atomic E-state index is 10.3. The molecule has 0 N–H and O–H groups in total. The lowest BCUT2D eigenvalue weighted by Crippen LogP contribution is -2.05. The lowest BCUT2D eigenvalue weighted by molar-refractivity contribution is -0.139. The lowest BCUT2D eigenvalue weighted by atomic mass is 10.6. The minimum absolute atomic E-state index is 0.00231. The van der Waals surface area contributed by atoms with Crippen molar-refractivity contribution in [3.8, 4) is 0 Å². The van der Waals surface area contributed by atoms with E-state index in [0.29, 0.717) is 0 Å². The molecule has 0 aliphatic carbocycles. The van der Waals surface area contributed by atoms with Crippen LogP contribution < -0.4 is 0 Å². The molecule has 1 unspecified atom stereocenters. The summed E-state index contributed by atoms with van der Waals surface area (Å²) in [5.74, 6) is -0.205. The monoisotopic (exact) mass is 111 g/mol. The number of fused-ring (bicyclic) bond motifs is 1. The SMILES string of the molecule is CN1C2=CC(=O)OC21. The van der Waals surface area contributed by atoms with Gasteiger partial charge in [0.15, 0.2) is 0 Å². The molecular formula is C5H5NO2. The van der Waals surface area contributed by atoms with E-state index in [9.17, 15) is 4.79 Å². The van der Waals surface area contributed by atoms with Crippen LogP contribution in [0, 0.1) is 0 Å². The molecular weight excluding hydrogens is 106 g/mol. The fourth-order valence-electron chi connectivity index (χ4n) is 0.860. The first-order chi connectivity index (χ1) is 3.79. The van der Waals surface area contributed by atoms with E-state index in [-0.39, 0.29) is 12.2 Å². The fourth-order valence-corrected chi connectivity index (χ4v) is 0.860. The van der Waals surface area contributed by atoms with Crippen LogP contribution in [0.5, 0.6) is 0 Å². The van der Waals surface area contributed by atoms with Gasteiger partial charge < -0.3 is 9.64 Å². The molecule has 42 valence electrons. The van der Waals surface area contributed by atoms with Gasteiger partial charge in [-0.1, -0.05) is 0 Å². The maximum Gasteiger partial charge on any atom is 0.334 e. The Morgan fingerprint density at radius 2 is 2.62 bits per heavy atom. The summed E-state index contributed by atoms with van der Waals surface area (Å²) in [4.78, 5) is 12.2. The Balaban J connectivity index is 2.31. The van der Waals surface area contributed by atoms with Crippen LogP contribution in [-0.4, -0.2) is 24.1 Å². The van der Waals surface area contributed by atoms with Crippen LogP contribution in [0.1, 0.15) is 0 Å². The van der Waals surface area contributed by atoms with E-state index in [1.165, 1.54) is 6.08 Å². The lowest BCUT2D eigenvalue weighted by Gasteiger charge is -1.94. The van der Waals surface area contributed by atoms with Gasteiger partial charge >= 0.3 is 5.97 Å². The third-order valence-electron chi connectivity index (χ3n) is 1.44. The second kappa shape index (κ2) is 0.891. The minimum Gasteiger partial charge on any atom is -0.432 e.